The molecule has 0 spiro atoms. The number of para-hydroxylation sites is 1. The van der Waals surface area contributed by atoms with E-state index in [1.807, 2.05) is 37.3 Å². The Kier molecular flexibility index (Phi) is 10.8. The Labute approximate surface area is 275 Å². The van der Waals surface area contributed by atoms with Gasteiger partial charge in [0.15, 0.2) is 0 Å². The Hall–Kier alpha value is -4.21. The van der Waals surface area contributed by atoms with E-state index in [9.17, 15) is 18.0 Å². The van der Waals surface area contributed by atoms with Crippen LogP contribution in [0.1, 0.15) is 42.4 Å². The number of hydrogen-bond donors (Lipinski definition) is 1. The summed E-state index contributed by atoms with van der Waals surface area (Å²) < 4.78 is 44.4. The molecule has 1 aliphatic carbocycles. The zero-order chi connectivity index (χ0) is 32.7. The van der Waals surface area contributed by atoms with Crippen molar-refractivity contribution in [3.63, 3.8) is 0 Å². The van der Waals surface area contributed by atoms with E-state index in [-0.39, 0.29) is 46.1 Å². The predicted molar refractivity (Wildman–Crippen MR) is 178 cm³/mol. The van der Waals surface area contributed by atoms with Crippen LogP contribution in [0.15, 0.2) is 108 Å². The molecule has 46 heavy (non-hydrogen) atoms. The summed E-state index contributed by atoms with van der Waals surface area (Å²) in [6.45, 7) is 0.925. The van der Waals surface area contributed by atoms with Gasteiger partial charge in [0.05, 0.1) is 15.6 Å². The third kappa shape index (κ3) is 7.95. The highest BCUT2D eigenvalue weighted by molar-refractivity contribution is 7.92. The van der Waals surface area contributed by atoms with E-state index >= 15 is 4.39 Å². The molecule has 1 atom stereocenters. The molecule has 7 nitrogen and oxygen atoms in total. The van der Waals surface area contributed by atoms with Crippen LogP contribution in [-0.2, 0) is 32.6 Å². The Morgan fingerprint density at radius 1 is 0.891 bits per heavy atom. The van der Waals surface area contributed by atoms with Crippen molar-refractivity contribution in [2.24, 2.45) is 0 Å². The highest BCUT2D eigenvalue weighted by Gasteiger charge is 2.36. The van der Waals surface area contributed by atoms with E-state index in [4.69, 9.17) is 11.6 Å². The maximum atomic E-state index is 15.1. The van der Waals surface area contributed by atoms with Crippen LogP contribution >= 0.6 is 11.6 Å². The van der Waals surface area contributed by atoms with Crippen molar-refractivity contribution in [1.82, 2.24) is 10.2 Å². The van der Waals surface area contributed by atoms with E-state index in [1.165, 1.54) is 29.2 Å². The number of sulfonamides is 1. The summed E-state index contributed by atoms with van der Waals surface area (Å²) in [7, 11) is -4.30. The number of benzene rings is 4. The number of carbonyl (C=O) groups excluding carboxylic acids is 2. The Bertz CT molecular complexity index is 1760. The molecule has 0 aromatic heterocycles. The van der Waals surface area contributed by atoms with Gasteiger partial charge in [0.1, 0.15) is 18.4 Å². The summed E-state index contributed by atoms with van der Waals surface area (Å²) in [5, 5.41) is 3.24. The van der Waals surface area contributed by atoms with E-state index in [0.29, 0.717) is 0 Å². The molecule has 4 aromatic rings. The van der Waals surface area contributed by atoms with Crippen molar-refractivity contribution in [1.29, 1.82) is 0 Å². The maximum absolute atomic E-state index is 15.1. The van der Waals surface area contributed by atoms with Gasteiger partial charge in [-0.25, -0.2) is 12.8 Å². The molecule has 5 rings (SSSR count). The fraction of sp³-hybridized carbons (Fsp3) is 0.278. The summed E-state index contributed by atoms with van der Waals surface area (Å²) in [5.74, 6) is -1.59. The van der Waals surface area contributed by atoms with Crippen molar-refractivity contribution >= 4 is 39.1 Å². The minimum atomic E-state index is -4.30. The third-order valence-electron chi connectivity index (χ3n) is 8.28. The molecule has 1 N–H and O–H groups in total. The van der Waals surface area contributed by atoms with E-state index in [1.54, 1.807) is 48.5 Å². The van der Waals surface area contributed by atoms with Crippen LogP contribution in [0, 0.1) is 12.7 Å². The molecule has 0 aliphatic heterocycles. The monoisotopic (exact) mass is 661 g/mol. The molecule has 1 saturated carbocycles. The lowest BCUT2D eigenvalue weighted by Gasteiger charge is -2.34. The van der Waals surface area contributed by atoms with Gasteiger partial charge in [0.2, 0.25) is 11.8 Å². The first-order valence-electron chi connectivity index (χ1n) is 15.3. The molecule has 240 valence electrons. The van der Waals surface area contributed by atoms with Crippen LogP contribution in [0.4, 0.5) is 10.1 Å². The average molecular weight is 662 g/mol. The minimum Gasteiger partial charge on any atom is -0.352 e. The normalized spacial score (nSPS) is 14.1. The first-order valence-corrected chi connectivity index (χ1v) is 17.2. The average Bonchev–Trinajstić information content (AvgIpc) is 3.56. The van der Waals surface area contributed by atoms with Gasteiger partial charge < -0.3 is 10.2 Å². The standard InChI is InChI=1S/C36H37ClFN3O4S/c1-26-19-21-30(22-20-26)46(44,45)41(33-18-10-8-16-31(33)37)25-35(42)40(24-28-13-5-9-17-32(28)38)34(23-27-11-3-2-4-12-27)36(43)39-29-14-6-7-15-29/h2-5,8-13,16-22,29,34H,6-7,14-15,23-25H2,1H3,(H,39,43). The summed E-state index contributed by atoms with van der Waals surface area (Å²) >= 11 is 6.52. The van der Waals surface area contributed by atoms with Gasteiger partial charge in [-0.05, 0) is 55.7 Å². The van der Waals surface area contributed by atoms with Gasteiger partial charge in [0, 0.05) is 24.6 Å². The number of carbonyl (C=O) groups is 2. The highest BCUT2D eigenvalue weighted by Crippen LogP contribution is 2.31. The van der Waals surface area contributed by atoms with Crippen molar-refractivity contribution in [2.75, 3.05) is 10.8 Å². The number of amides is 2. The summed E-state index contributed by atoms with van der Waals surface area (Å²) in [5.41, 5.74) is 1.98. The third-order valence-corrected chi connectivity index (χ3v) is 10.4. The number of hydrogen-bond acceptors (Lipinski definition) is 4. The molecule has 4 aromatic carbocycles. The number of rotatable bonds is 12. The van der Waals surface area contributed by atoms with Crippen LogP contribution in [0.3, 0.4) is 0 Å². The van der Waals surface area contributed by atoms with Crippen molar-refractivity contribution in [3.05, 3.63) is 131 Å². The molecule has 10 heteroatoms. The fourth-order valence-corrected chi connectivity index (χ4v) is 7.46. The smallest absolute Gasteiger partial charge is 0.264 e. The predicted octanol–water partition coefficient (Wildman–Crippen LogP) is 6.68. The van der Waals surface area contributed by atoms with Crippen LogP contribution in [0.5, 0.6) is 0 Å². The first-order chi connectivity index (χ1) is 22.1. The van der Waals surface area contributed by atoms with Crippen molar-refractivity contribution in [2.45, 2.75) is 62.6 Å². The lowest BCUT2D eigenvalue weighted by molar-refractivity contribution is -0.140. The van der Waals surface area contributed by atoms with Gasteiger partial charge in [-0.3, -0.25) is 13.9 Å². The topological polar surface area (TPSA) is 86.8 Å². The van der Waals surface area contributed by atoms with E-state index in [0.717, 1.165) is 41.1 Å². The number of halogens is 2. The first kappa shape index (κ1) is 33.2. The van der Waals surface area contributed by atoms with Crippen LogP contribution < -0.4 is 9.62 Å². The molecule has 1 aliphatic rings. The van der Waals surface area contributed by atoms with Gasteiger partial charge in [-0.2, -0.15) is 0 Å². The van der Waals surface area contributed by atoms with Gasteiger partial charge in [0.25, 0.3) is 10.0 Å². The quantitative estimate of drug-likeness (QED) is 0.184. The molecule has 1 unspecified atom stereocenters. The number of aryl methyl sites for hydroxylation is 1. The lowest BCUT2D eigenvalue weighted by Crippen LogP contribution is -2.54. The molecule has 0 bridgehead atoms. The Morgan fingerprint density at radius 3 is 2.20 bits per heavy atom. The van der Waals surface area contributed by atoms with Gasteiger partial charge in [-0.1, -0.05) is 103 Å². The zero-order valence-electron chi connectivity index (χ0n) is 25.6. The SMILES string of the molecule is Cc1ccc(S(=O)(=O)N(CC(=O)N(Cc2ccccc2F)C(Cc2ccccc2)C(=O)NC2CCCC2)c2ccccc2Cl)cc1. The molecule has 0 saturated heterocycles. The van der Waals surface area contributed by atoms with Gasteiger partial charge in [-0.15, -0.1) is 0 Å². The maximum Gasteiger partial charge on any atom is 0.264 e. The summed E-state index contributed by atoms with van der Waals surface area (Å²) in [6.07, 6.45) is 3.81. The minimum absolute atomic E-state index is 0.0220. The molecule has 1 fully saturated rings. The Morgan fingerprint density at radius 2 is 1.52 bits per heavy atom. The van der Waals surface area contributed by atoms with E-state index < -0.39 is 34.3 Å². The highest BCUT2D eigenvalue weighted by atomic mass is 35.5. The molecule has 0 heterocycles. The summed E-state index contributed by atoms with van der Waals surface area (Å²) in [6, 6.07) is 26.9. The zero-order valence-corrected chi connectivity index (χ0v) is 27.2. The molecule has 2 amide bonds. The lowest BCUT2D eigenvalue weighted by atomic mass is 10.0. The second-order valence-corrected chi connectivity index (χ2v) is 13.9. The van der Waals surface area contributed by atoms with Crippen LogP contribution in [-0.4, -0.2) is 43.8 Å². The molecular weight excluding hydrogens is 625 g/mol. The number of nitrogens with zero attached hydrogens (tertiary/aromatic N) is 2. The summed E-state index contributed by atoms with van der Waals surface area (Å²) in [4.78, 5) is 29.8. The second-order valence-electron chi connectivity index (χ2n) is 11.6. The molecular formula is C36H37ClFN3O4S. The number of anilines is 1. The fourth-order valence-electron chi connectivity index (χ4n) is 5.74. The van der Waals surface area contributed by atoms with E-state index in [2.05, 4.69) is 5.32 Å². The van der Waals surface area contributed by atoms with Crippen molar-refractivity contribution < 1.29 is 22.4 Å². The van der Waals surface area contributed by atoms with Gasteiger partial charge >= 0.3 is 0 Å². The largest absolute Gasteiger partial charge is 0.352 e. The van der Waals surface area contributed by atoms with Crippen LogP contribution in [0.2, 0.25) is 5.02 Å². The number of nitrogens with one attached hydrogen (secondary N) is 1. The molecule has 0 radical (unpaired) electrons. The van der Waals surface area contributed by atoms with Crippen LogP contribution in [0.25, 0.3) is 0 Å². The Balaban J connectivity index is 1.58. The van der Waals surface area contributed by atoms with Crippen molar-refractivity contribution in [3.8, 4) is 0 Å². The second kappa shape index (κ2) is 14.9.